The van der Waals surface area contributed by atoms with E-state index >= 15 is 0 Å². The van der Waals surface area contributed by atoms with Gasteiger partial charge in [-0.25, -0.2) is 4.79 Å². The number of imide groups is 1. The zero-order chi connectivity index (χ0) is 13.4. The number of benzene rings is 1. The first-order valence-corrected chi connectivity index (χ1v) is 5.76. The molecule has 1 atom stereocenters. The summed E-state index contributed by atoms with van der Waals surface area (Å²) in [7, 11) is 0. The van der Waals surface area contributed by atoms with E-state index in [1.165, 1.54) is 12.1 Å². The average Bonchev–Trinajstić information content (AvgIpc) is 2.56. The molecule has 0 bridgehead atoms. The van der Waals surface area contributed by atoms with Crippen LogP contribution in [0.1, 0.15) is 34.1 Å². The zero-order valence-corrected chi connectivity index (χ0v) is 10.3. The molecule has 6 heteroatoms. The largest absolute Gasteiger partial charge is 0.480 e. The van der Waals surface area contributed by atoms with Gasteiger partial charge in [0.2, 0.25) is 0 Å². The number of hydrogen-bond donors (Lipinski definition) is 1. The molecule has 0 spiro atoms. The highest BCUT2D eigenvalue weighted by Crippen LogP contribution is 2.30. The van der Waals surface area contributed by atoms with Crippen molar-refractivity contribution in [3.63, 3.8) is 0 Å². The van der Waals surface area contributed by atoms with E-state index in [1.54, 1.807) is 13.0 Å². The molecule has 0 fully saturated rings. The van der Waals surface area contributed by atoms with Crippen molar-refractivity contribution in [3.8, 4) is 0 Å². The molecule has 1 aromatic rings. The van der Waals surface area contributed by atoms with Crippen molar-refractivity contribution in [3.05, 3.63) is 34.3 Å². The maximum Gasteiger partial charge on any atom is 0.326 e. The van der Waals surface area contributed by atoms with Crippen LogP contribution in [0, 0.1) is 0 Å². The summed E-state index contributed by atoms with van der Waals surface area (Å²) in [5.41, 5.74) is 0.246. The lowest BCUT2D eigenvalue weighted by molar-refractivity contribution is -0.141. The molecule has 1 heterocycles. The van der Waals surface area contributed by atoms with Crippen molar-refractivity contribution < 1.29 is 19.5 Å². The van der Waals surface area contributed by atoms with E-state index < -0.39 is 23.8 Å². The Bertz CT molecular complexity index is 555. The van der Waals surface area contributed by atoms with Crippen LogP contribution in [0.2, 0.25) is 5.02 Å². The summed E-state index contributed by atoms with van der Waals surface area (Å²) in [6.45, 7) is 1.60. The number of aliphatic carboxylic acids is 1. The molecule has 94 valence electrons. The maximum atomic E-state index is 12.1. The third-order valence-electron chi connectivity index (χ3n) is 2.88. The minimum absolute atomic E-state index is 0.0869. The highest BCUT2D eigenvalue weighted by molar-refractivity contribution is 6.37. The highest BCUT2D eigenvalue weighted by atomic mass is 35.5. The lowest BCUT2D eigenvalue weighted by atomic mass is 10.1. The van der Waals surface area contributed by atoms with Crippen molar-refractivity contribution >= 4 is 29.4 Å². The fraction of sp³-hybridized carbons (Fsp3) is 0.250. The summed E-state index contributed by atoms with van der Waals surface area (Å²) in [4.78, 5) is 36.0. The molecule has 18 heavy (non-hydrogen) atoms. The smallest absolute Gasteiger partial charge is 0.326 e. The third kappa shape index (κ3) is 1.67. The van der Waals surface area contributed by atoms with E-state index in [9.17, 15) is 14.4 Å². The second kappa shape index (κ2) is 4.42. The zero-order valence-electron chi connectivity index (χ0n) is 9.51. The van der Waals surface area contributed by atoms with Crippen LogP contribution < -0.4 is 0 Å². The predicted octanol–water partition coefficient (Wildman–Crippen LogP) is 1.80. The molecule has 1 aromatic carbocycles. The van der Waals surface area contributed by atoms with E-state index in [2.05, 4.69) is 0 Å². The summed E-state index contributed by atoms with van der Waals surface area (Å²) in [5.74, 6) is -2.45. The Kier molecular flexibility index (Phi) is 3.09. The SMILES string of the molecule is CCC(C(=O)O)N1C(=O)c2cccc(Cl)c2C1=O. The topological polar surface area (TPSA) is 74.7 Å². The van der Waals surface area contributed by atoms with Crippen LogP contribution in [0.25, 0.3) is 0 Å². The number of carbonyl (C=O) groups excluding carboxylic acids is 2. The number of halogens is 1. The van der Waals surface area contributed by atoms with Gasteiger partial charge in [-0.15, -0.1) is 0 Å². The lowest BCUT2D eigenvalue weighted by Crippen LogP contribution is -2.44. The van der Waals surface area contributed by atoms with E-state index in [4.69, 9.17) is 16.7 Å². The van der Waals surface area contributed by atoms with E-state index in [1.807, 2.05) is 0 Å². The Labute approximate surface area is 108 Å². The number of amides is 2. The summed E-state index contributed by atoms with van der Waals surface area (Å²) in [5, 5.41) is 9.20. The minimum Gasteiger partial charge on any atom is -0.480 e. The minimum atomic E-state index is -1.21. The van der Waals surface area contributed by atoms with Crippen LogP contribution >= 0.6 is 11.6 Å². The fourth-order valence-electron chi connectivity index (χ4n) is 2.01. The normalized spacial score (nSPS) is 15.8. The fourth-order valence-corrected chi connectivity index (χ4v) is 2.27. The Balaban J connectivity index is 2.52. The summed E-state index contributed by atoms with van der Waals surface area (Å²) in [6.07, 6.45) is 0.151. The van der Waals surface area contributed by atoms with Gasteiger partial charge in [0.25, 0.3) is 11.8 Å². The molecule has 0 saturated carbocycles. The standard InChI is InChI=1S/C12H10ClNO4/c1-2-8(12(17)18)14-10(15)6-4-3-5-7(13)9(6)11(14)16/h3-5,8H,2H2,1H3,(H,17,18). The van der Waals surface area contributed by atoms with Gasteiger partial charge in [-0.05, 0) is 18.6 Å². The molecule has 5 nitrogen and oxygen atoms in total. The Morgan fingerprint density at radius 1 is 1.39 bits per heavy atom. The number of fused-ring (bicyclic) bond motifs is 1. The van der Waals surface area contributed by atoms with Crippen LogP contribution in [0.3, 0.4) is 0 Å². The number of carboxylic acid groups (broad SMARTS) is 1. The third-order valence-corrected chi connectivity index (χ3v) is 3.19. The molecule has 0 saturated heterocycles. The number of carbonyl (C=O) groups is 3. The van der Waals surface area contributed by atoms with Gasteiger partial charge >= 0.3 is 5.97 Å². The molecule has 1 aliphatic heterocycles. The molecule has 1 N–H and O–H groups in total. The molecular formula is C12H10ClNO4. The van der Waals surface area contributed by atoms with E-state index in [0.717, 1.165) is 4.90 Å². The average molecular weight is 268 g/mol. The second-order valence-electron chi connectivity index (χ2n) is 3.90. The molecule has 1 unspecified atom stereocenters. The first-order chi connectivity index (χ1) is 8.49. The van der Waals surface area contributed by atoms with Crippen molar-refractivity contribution in [1.82, 2.24) is 4.90 Å². The molecule has 0 aromatic heterocycles. The Morgan fingerprint density at radius 2 is 2.06 bits per heavy atom. The predicted molar refractivity (Wildman–Crippen MR) is 63.7 cm³/mol. The Hall–Kier alpha value is -1.88. The summed E-state index contributed by atoms with van der Waals surface area (Å²) < 4.78 is 0. The van der Waals surface area contributed by atoms with Gasteiger partial charge in [0.05, 0.1) is 16.1 Å². The lowest BCUT2D eigenvalue weighted by Gasteiger charge is -2.20. The van der Waals surface area contributed by atoms with Gasteiger partial charge in [0.1, 0.15) is 6.04 Å². The van der Waals surface area contributed by atoms with Crippen LogP contribution in [-0.4, -0.2) is 33.8 Å². The van der Waals surface area contributed by atoms with Crippen molar-refractivity contribution in [2.75, 3.05) is 0 Å². The number of nitrogens with zero attached hydrogens (tertiary/aromatic N) is 1. The monoisotopic (exact) mass is 267 g/mol. The first kappa shape index (κ1) is 12.6. The van der Waals surface area contributed by atoms with Gasteiger partial charge in [-0.2, -0.15) is 0 Å². The van der Waals surface area contributed by atoms with Crippen LogP contribution in [0.15, 0.2) is 18.2 Å². The van der Waals surface area contributed by atoms with Crippen LogP contribution in [-0.2, 0) is 4.79 Å². The molecule has 2 amide bonds. The van der Waals surface area contributed by atoms with Gasteiger partial charge < -0.3 is 5.11 Å². The number of rotatable bonds is 3. The molecule has 0 aliphatic carbocycles. The van der Waals surface area contributed by atoms with Gasteiger partial charge in [-0.1, -0.05) is 24.6 Å². The van der Waals surface area contributed by atoms with Gasteiger partial charge in [0.15, 0.2) is 0 Å². The van der Waals surface area contributed by atoms with Gasteiger partial charge in [-0.3, -0.25) is 14.5 Å². The highest BCUT2D eigenvalue weighted by Gasteiger charge is 2.43. The van der Waals surface area contributed by atoms with E-state index in [0.29, 0.717) is 0 Å². The van der Waals surface area contributed by atoms with E-state index in [-0.39, 0.29) is 22.6 Å². The van der Waals surface area contributed by atoms with Crippen molar-refractivity contribution in [1.29, 1.82) is 0 Å². The van der Waals surface area contributed by atoms with Crippen LogP contribution in [0.5, 0.6) is 0 Å². The van der Waals surface area contributed by atoms with Crippen LogP contribution in [0.4, 0.5) is 0 Å². The van der Waals surface area contributed by atoms with Crippen molar-refractivity contribution in [2.45, 2.75) is 19.4 Å². The van der Waals surface area contributed by atoms with Gasteiger partial charge in [0, 0.05) is 0 Å². The second-order valence-corrected chi connectivity index (χ2v) is 4.31. The number of carboxylic acids is 1. The number of hydrogen-bond acceptors (Lipinski definition) is 3. The molecule has 1 aliphatic rings. The molecular weight excluding hydrogens is 258 g/mol. The summed E-state index contributed by atoms with van der Waals surface area (Å²) in [6, 6.07) is 3.36. The maximum absolute atomic E-state index is 12.1. The van der Waals surface area contributed by atoms with Crippen molar-refractivity contribution in [2.24, 2.45) is 0 Å². The first-order valence-electron chi connectivity index (χ1n) is 5.38. The Morgan fingerprint density at radius 3 is 2.56 bits per heavy atom. The quantitative estimate of drug-likeness (QED) is 0.848. The molecule has 0 radical (unpaired) electrons. The molecule has 2 rings (SSSR count). The summed E-state index contributed by atoms with van der Waals surface area (Å²) >= 11 is 5.88.